The number of benzene rings is 3. The van der Waals surface area contributed by atoms with Crippen molar-refractivity contribution in [3.8, 4) is 5.75 Å². The molecule has 0 fully saturated rings. The van der Waals surface area contributed by atoms with E-state index in [9.17, 15) is 13.2 Å². The van der Waals surface area contributed by atoms with E-state index in [1.54, 1.807) is 17.0 Å². The first-order valence-corrected chi connectivity index (χ1v) is 15.7. The summed E-state index contributed by atoms with van der Waals surface area (Å²) in [6.45, 7) is 4.17. The third-order valence-electron chi connectivity index (χ3n) is 6.89. The SMILES string of the molecule is CCOc1cccc2sc(N(CCCN(C)C)C(=O)c3ccc(S(=O)(=O)N4CCCc5ccccc54)cc3)nc12. The lowest BCUT2D eigenvalue weighted by Gasteiger charge is -2.30. The molecular formula is C30H34N4O4S2. The molecule has 40 heavy (non-hydrogen) atoms. The van der Waals surface area contributed by atoms with Crippen LogP contribution in [0.4, 0.5) is 10.8 Å². The Morgan fingerprint density at radius 1 is 1.02 bits per heavy atom. The third kappa shape index (κ3) is 5.70. The zero-order chi connectivity index (χ0) is 28.3. The highest BCUT2D eigenvalue weighted by Gasteiger charge is 2.29. The molecule has 0 saturated carbocycles. The minimum absolute atomic E-state index is 0.168. The van der Waals surface area contributed by atoms with Crippen LogP contribution in [0.3, 0.4) is 0 Å². The molecule has 3 aromatic carbocycles. The lowest BCUT2D eigenvalue weighted by atomic mass is 10.0. The molecule has 0 radical (unpaired) electrons. The predicted octanol–water partition coefficient (Wildman–Crippen LogP) is 5.44. The maximum absolute atomic E-state index is 13.8. The van der Waals surface area contributed by atoms with Crippen molar-refractivity contribution in [2.45, 2.75) is 31.1 Å². The Hall–Kier alpha value is -3.47. The van der Waals surface area contributed by atoms with Gasteiger partial charge in [0.1, 0.15) is 11.3 Å². The number of hydrogen-bond donors (Lipinski definition) is 0. The number of anilines is 2. The highest BCUT2D eigenvalue weighted by Crippen LogP contribution is 2.35. The van der Waals surface area contributed by atoms with Gasteiger partial charge in [-0.2, -0.15) is 0 Å². The second-order valence-corrected chi connectivity index (χ2v) is 12.9. The van der Waals surface area contributed by atoms with Crippen LogP contribution < -0.4 is 13.9 Å². The molecule has 0 aliphatic carbocycles. The minimum atomic E-state index is -3.76. The van der Waals surface area contributed by atoms with Gasteiger partial charge in [-0.1, -0.05) is 35.6 Å². The molecule has 8 nitrogen and oxygen atoms in total. The van der Waals surface area contributed by atoms with Gasteiger partial charge in [0.25, 0.3) is 15.9 Å². The van der Waals surface area contributed by atoms with E-state index in [0.29, 0.717) is 36.1 Å². The summed E-state index contributed by atoms with van der Waals surface area (Å²) in [5.41, 5.74) is 2.90. The van der Waals surface area contributed by atoms with Crippen molar-refractivity contribution in [3.05, 3.63) is 77.9 Å². The summed E-state index contributed by atoms with van der Waals surface area (Å²) in [6, 6.07) is 19.7. The standard InChI is InChI=1S/C30H34N4O4S2/c1-4-38-26-13-7-14-27-28(26)31-30(39-27)33(20-9-19-32(2)3)29(35)23-15-17-24(18-16-23)40(36,37)34-21-8-11-22-10-5-6-12-25(22)34/h5-7,10,12-18H,4,8-9,11,19-21H2,1-3H3. The Morgan fingerprint density at radius 2 is 1.80 bits per heavy atom. The van der Waals surface area contributed by atoms with Crippen molar-refractivity contribution in [1.82, 2.24) is 9.88 Å². The number of fused-ring (bicyclic) bond motifs is 2. The number of carbonyl (C=O) groups is 1. The number of sulfonamides is 1. The molecule has 0 bridgehead atoms. The molecule has 210 valence electrons. The van der Waals surface area contributed by atoms with Crippen LogP contribution in [0.2, 0.25) is 0 Å². The average Bonchev–Trinajstić information content (AvgIpc) is 3.40. The fraction of sp³-hybridized carbons (Fsp3) is 0.333. The molecule has 4 aromatic rings. The first-order valence-electron chi connectivity index (χ1n) is 13.5. The van der Waals surface area contributed by atoms with Crippen LogP contribution in [0.25, 0.3) is 10.2 Å². The van der Waals surface area contributed by atoms with Gasteiger partial charge in [0.05, 0.1) is 21.9 Å². The van der Waals surface area contributed by atoms with Crippen molar-refractivity contribution in [2.75, 3.05) is 49.5 Å². The number of nitrogens with zero attached hydrogens (tertiary/aromatic N) is 4. The molecule has 0 N–H and O–H groups in total. The van der Waals surface area contributed by atoms with Crippen molar-refractivity contribution < 1.29 is 17.9 Å². The summed E-state index contributed by atoms with van der Waals surface area (Å²) < 4.78 is 35.3. The number of para-hydroxylation sites is 2. The average molecular weight is 579 g/mol. The zero-order valence-corrected chi connectivity index (χ0v) is 24.7. The Kier molecular flexibility index (Phi) is 8.39. The minimum Gasteiger partial charge on any atom is -0.492 e. The van der Waals surface area contributed by atoms with Gasteiger partial charge in [0.2, 0.25) is 0 Å². The number of carbonyl (C=O) groups excluding carboxylic acids is 1. The van der Waals surface area contributed by atoms with Crippen LogP contribution in [-0.2, 0) is 16.4 Å². The Morgan fingerprint density at radius 3 is 2.55 bits per heavy atom. The second kappa shape index (κ2) is 12.0. The van der Waals surface area contributed by atoms with Crippen LogP contribution >= 0.6 is 11.3 Å². The quantitative estimate of drug-likeness (QED) is 0.249. The summed E-state index contributed by atoms with van der Waals surface area (Å²) in [4.78, 5) is 22.6. The van der Waals surface area contributed by atoms with Gasteiger partial charge in [-0.3, -0.25) is 14.0 Å². The fourth-order valence-electron chi connectivity index (χ4n) is 4.93. The van der Waals surface area contributed by atoms with Gasteiger partial charge in [0, 0.05) is 18.7 Å². The highest BCUT2D eigenvalue weighted by atomic mass is 32.2. The monoisotopic (exact) mass is 578 g/mol. The van der Waals surface area contributed by atoms with E-state index in [-0.39, 0.29) is 10.8 Å². The van der Waals surface area contributed by atoms with Crippen molar-refractivity contribution in [1.29, 1.82) is 0 Å². The summed E-state index contributed by atoms with van der Waals surface area (Å²) >= 11 is 1.44. The molecule has 0 atom stereocenters. The van der Waals surface area contributed by atoms with E-state index in [1.807, 2.05) is 63.5 Å². The number of amides is 1. The number of aromatic nitrogens is 1. The van der Waals surface area contributed by atoms with E-state index >= 15 is 0 Å². The van der Waals surface area contributed by atoms with E-state index in [0.717, 1.165) is 47.3 Å². The summed E-state index contributed by atoms with van der Waals surface area (Å²) in [6.07, 6.45) is 2.38. The molecule has 1 aliphatic rings. The smallest absolute Gasteiger partial charge is 0.264 e. The van der Waals surface area contributed by atoms with Crippen LogP contribution in [0, 0.1) is 0 Å². The van der Waals surface area contributed by atoms with Gasteiger partial charge in [0.15, 0.2) is 5.13 Å². The first-order chi connectivity index (χ1) is 19.3. The largest absolute Gasteiger partial charge is 0.492 e. The van der Waals surface area contributed by atoms with Crippen LogP contribution in [0.15, 0.2) is 71.6 Å². The lowest BCUT2D eigenvalue weighted by Crippen LogP contribution is -2.35. The molecule has 2 heterocycles. The summed E-state index contributed by atoms with van der Waals surface area (Å²) in [5, 5.41) is 0.590. The van der Waals surface area contributed by atoms with Crippen molar-refractivity contribution in [3.63, 3.8) is 0 Å². The van der Waals surface area contributed by atoms with E-state index < -0.39 is 10.0 Å². The van der Waals surface area contributed by atoms with Gasteiger partial charge in [-0.25, -0.2) is 13.4 Å². The lowest BCUT2D eigenvalue weighted by molar-refractivity contribution is 0.0986. The molecule has 5 rings (SSSR count). The molecule has 1 aromatic heterocycles. The molecule has 0 unspecified atom stereocenters. The number of ether oxygens (including phenoxy) is 1. The zero-order valence-electron chi connectivity index (χ0n) is 23.0. The first kappa shape index (κ1) is 28.1. The molecule has 0 spiro atoms. The predicted molar refractivity (Wildman–Crippen MR) is 161 cm³/mol. The van der Waals surface area contributed by atoms with E-state index in [4.69, 9.17) is 9.72 Å². The van der Waals surface area contributed by atoms with Crippen molar-refractivity contribution >= 4 is 48.3 Å². The molecular weight excluding hydrogens is 544 g/mol. The maximum atomic E-state index is 13.8. The highest BCUT2D eigenvalue weighted by molar-refractivity contribution is 7.92. The normalized spacial score (nSPS) is 13.4. The van der Waals surface area contributed by atoms with E-state index in [1.165, 1.54) is 27.8 Å². The Balaban J connectivity index is 1.44. The molecule has 0 saturated heterocycles. The van der Waals surface area contributed by atoms with Crippen molar-refractivity contribution in [2.24, 2.45) is 0 Å². The molecule has 1 amide bonds. The van der Waals surface area contributed by atoms with Gasteiger partial charge >= 0.3 is 0 Å². The van der Waals surface area contributed by atoms with Crippen LogP contribution in [0.1, 0.15) is 35.7 Å². The van der Waals surface area contributed by atoms with Gasteiger partial charge in [-0.05, 0) is 94.9 Å². The Bertz CT molecular complexity index is 1600. The maximum Gasteiger partial charge on any atom is 0.264 e. The van der Waals surface area contributed by atoms with E-state index in [2.05, 4.69) is 4.90 Å². The number of thiazole rings is 1. The Labute approximate surface area is 239 Å². The second-order valence-electron chi connectivity index (χ2n) is 9.98. The summed E-state index contributed by atoms with van der Waals surface area (Å²) in [7, 11) is 0.233. The third-order valence-corrected chi connectivity index (χ3v) is 9.76. The number of hydrogen-bond acceptors (Lipinski definition) is 7. The molecule has 1 aliphatic heterocycles. The summed E-state index contributed by atoms with van der Waals surface area (Å²) in [5.74, 6) is 0.472. The molecule has 10 heteroatoms. The van der Waals surface area contributed by atoms with Gasteiger partial charge < -0.3 is 9.64 Å². The van der Waals surface area contributed by atoms with Gasteiger partial charge in [-0.15, -0.1) is 0 Å². The van der Waals surface area contributed by atoms with Crippen LogP contribution in [0.5, 0.6) is 5.75 Å². The number of aryl methyl sites for hydroxylation is 1. The number of rotatable bonds is 10. The topological polar surface area (TPSA) is 83.0 Å². The fourth-order valence-corrected chi connectivity index (χ4v) is 7.48. The van der Waals surface area contributed by atoms with Crippen LogP contribution in [-0.4, -0.2) is 64.5 Å².